The van der Waals surface area contributed by atoms with Crippen molar-refractivity contribution in [2.75, 3.05) is 6.61 Å². The molecule has 1 fully saturated rings. The van der Waals surface area contributed by atoms with Crippen LogP contribution in [-0.2, 0) is 4.74 Å². The lowest BCUT2D eigenvalue weighted by molar-refractivity contribution is 0.0739. The van der Waals surface area contributed by atoms with Gasteiger partial charge in [0.25, 0.3) is 0 Å². The molecule has 2 aromatic heterocycles. The first-order valence-electron chi connectivity index (χ1n) is 7.85. The number of hydrogen-bond donors (Lipinski definition) is 0. The monoisotopic (exact) mass is 340 g/mol. The summed E-state index contributed by atoms with van der Waals surface area (Å²) in [7, 11) is 0. The lowest BCUT2D eigenvalue weighted by Gasteiger charge is -2.05. The number of aromatic nitrogens is 2. The van der Waals surface area contributed by atoms with Gasteiger partial charge in [0, 0.05) is 24.4 Å². The third kappa shape index (κ3) is 2.90. The van der Waals surface area contributed by atoms with Gasteiger partial charge in [-0.1, -0.05) is 6.07 Å². The summed E-state index contributed by atoms with van der Waals surface area (Å²) < 4.78 is 11.2. The third-order valence-electron chi connectivity index (χ3n) is 4.03. The fraction of sp³-hybridized carbons (Fsp3) is 0.278. The number of pyridine rings is 1. The number of carbonyl (C=O) groups excluding carboxylic acids is 1. The summed E-state index contributed by atoms with van der Waals surface area (Å²) in [4.78, 5) is 21.6. The highest BCUT2D eigenvalue weighted by atomic mass is 32.1. The Kier molecular flexibility index (Phi) is 4.00. The fourth-order valence-corrected chi connectivity index (χ4v) is 3.82. The van der Waals surface area contributed by atoms with Crippen molar-refractivity contribution in [3.05, 3.63) is 52.2 Å². The van der Waals surface area contributed by atoms with Crippen LogP contribution in [-0.4, -0.2) is 22.5 Å². The summed E-state index contributed by atoms with van der Waals surface area (Å²) in [6, 6.07) is 7.44. The molecule has 4 rings (SSSR count). The van der Waals surface area contributed by atoms with E-state index in [1.54, 1.807) is 18.5 Å². The number of nitrogens with zero attached hydrogens (tertiary/aromatic N) is 2. The molecule has 0 saturated carbocycles. The van der Waals surface area contributed by atoms with Crippen LogP contribution in [0.1, 0.15) is 39.3 Å². The molecule has 1 unspecified atom stereocenters. The second kappa shape index (κ2) is 6.30. The van der Waals surface area contributed by atoms with Gasteiger partial charge < -0.3 is 9.47 Å². The van der Waals surface area contributed by atoms with E-state index in [4.69, 9.17) is 9.47 Å². The number of esters is 1. The number of ether oxygens (including phenoxy) is 2. The van der Waals surface area contributed by atoms with Crippen molar-refractivity contribution >= 4 is 28.1 Å². The standard InChI is InChI=1S/C18H16N2O3S/c1-11-16(24-17(20-11)15-3-2-8-22-15)18(21)23-14-5-4-12-6-7-19-10-13(12)9-14/h4-7,9-10,15H,2-3,8H2,1H3. The number of carbonyl (C=O) groups is 1. The van der Waals surface area contributed by atoms with Crippen LogP contribution in [0.15, 0.2) is 36.7 Å². The quantitative estimate of drug-likeness (QED) is 0.531. The molecule has 3 heterocycles. The molecule has 0 bridgehead atoms. The van der Waals surface area contributed by atoms with Gasteiger partial charge in [0.05, 0.1) is 5.69 Å². The van der Waals surface area contributed by atoms with Gasteiger partial charge in [-0.25, -0.2) is 9.78 Å². The lowest BCUT2D eigenvalue weighted by Crippen LogP contribution is -2.08. The van der Waals surface area contributed by atoms with E-state index in [1.807, 2.05) is 25.1 Å². The number of hydrogen-bond acceptors (Lipinski definition) is 6. The molecular weight excluding hydrogens is 324 g/mol. The lowest BCUT2D eigenvalue weighted by atomic mass is 10.2. The zero-order valence-electron chi connectivity index (χ0n) is 13.2. The average Bonchev–Trinajstić information content (AvgIpc) is 3.24. The Morgan fingerprint density at radius 1 is 1.33 bits per heavy atom. The van der Waals surface area contributed by atoms with Crippen LogP contribution < -0.4 is 4.74 Å². The van der Waals surface area contributed by atoms with Crippen LogP contribution >= 0.6 is 11.3 Å². The Hall–Kier alpha value is -2.31. The van der Waals surface area contributed by atoms with E-state index >= 15 is 0 Å². The first kappa shape index (κ1) is 15.2. The molecular formula is C18H16N2O3S. The highest BCUT2D eigenvalue weighted by Gasteiger charge is 2.25. The molecule has 24 heavy (non-hydrogen) atoms. The molecule has 0 N–H and O–H groups in total. The zero-order valence-corrected chi connectivity index (χ0v) is 14.0. The smallest absolute Gasteiger partial charge is 0.355 e. The van der Waals surface area contributed by atoms with Crippen LogP contribution in [0.4, 0.5) is 0 Å². The van der Waals surface area contributed by atoms with Crippen LogP contribution in [0.3, 0.4) is 0 Å². The normalized spacial score (nSPS) is 17.3. The highest BCUT2D eigenvalue weighted by molar-refractivity contribution is 7.13. The molecule has 1 atom stereocenters. The largest absolute Gasteiger partial charge is 0.422 e. The first-order chi connectivity index (χ1) is 11.7. The average molecular weight is 340 g/mol. The Labute approximate surface area is 143 Å². The molecule has 0 aliphatic carbocycles. The minimum atomic E-state index is -0.377. The van der Waals surface area contributed by atoms with Crippen LogP contribution in [0.2, 0.25) is 0 Å². The topological polar surface area (TPSA) is 61.3 Å². The van der Waals surface area contributed by atoms with E-state index in [0.717, 1.165) is 35.2 Å². The number of rotatable bonds is 3. The molecule has 1 aliphatic heterocycles. The molecule has 0 amide bonds. The van der Waals surface area contributed by atoms with Crippen molar-refractivity contribution in [1.82, 2.24) is 9.97 Å². The van der Waals surface area contributed by atoms with E-state index in [1.165, 1.54) is 11.3 Å². The molecule has 0 radical (unpaired) electrons. The molecule has 122 valence electrons. The second-order valence-electron chi connectivity index (χ2n) is 5.74. The fourth-order valence-electron chi connectivity index (χ4n) is 2.80. The summed E-state index contributed by atoms with van der Waals surface area (Å²) >= 11 is 1.36. The first-order valence-corrected chi connectivity index (χ1v) is 8.67. The van der Waals surface area contributed by atoms with Gasteiger partial charge >= 0.3 is 5.97 Å². The second-order valence-corrected chi connectivity index (χ2v) is 6.77. The molecule has 1 aliphatic rings. The summed E-state index contributed by atoms with van der Waals surface area (Å²) in [6.07, 6.45) is 5.50. The van der Waals surface area contributed by atoms with Gasteiger partial charge in [0.2, 0.25) is 0 Å². The third-order valence-corrected chi connectivity index (χ3v) is 5.26. The summed E-state index contributed by atoms with van der Waals surface area (Å²) in [5.74, 6) is 0.129. The van der Waals surface area contributed by atoms with E-state index in [-0.39, 0.29) is 12.1 Å². The number of thiazole rings is 1. The Bertz CT molecular complexity index is 900. The molecule has 3 aromatic rings. The van der Waals surface area contributed by atoms with Crippen LogP contribution in [0, 0.1) is 6.92 Å². The maximum Gasteiger partial charge on any atom is 0.355 e. The van der Waals surface area contributed by atoms with Crippen molar-refractivity contribution < 1.29 is 14.3 Å². The minimum Gasteiger partial charge on any atom is -0.422 e. The van der Waals surface area contributed by atoms with E-state index in [2.05, 4.69) is 9.97 Å². The molecule has 0 spiro atoms. The number of benzene rings is 1. The van der Waals surface area contributed by atoms with E-state index in [0.29, 0.717) is 16.3 Å². The zero-order chi connectivity index (χ0) is 16.5. The van der Waals surface area contributed by atoms with E-state index < -0.39 is 0 Å². The van der Waals surface area contributed by atoms with Gasteiger partial charge in [-0.2, -0.15) is 0 Å². The maximum atomic E-state index is 12.5. The van der Waals surface area contributed by atoms with Crippen molar-refractivity contribution in [3.8, 4) is 5.75 Å². The van der Waals surface area contributed by atoms with Gasteiger partial charge in [-0.3, -0.25) is 4.98 Å². The van der Waals surface area contributed by atoms with Gasteiger partial charge in [0.1, 0.15) is 21.7 Å². The summed E-state index contributed by atoms with van der Waals surface area (Å²) in [6.45, 7) is 2.59. The maximum absolute atomic E-state index is 12.5. The van der Waals surface area contributed by atoms with Crippen molar-refractivity contribution in [3.63, 3.8) is 0 Å². The predicted octanol–water partition coefficient (Wildman–Crippen LogP) is 4.07. The molecule has 1 aromatic carbocycles. The Balaban J connectivity index is 1.56. The van der Waals surface area contributed by atoms with Crippen molar-refractivity contribution in [2.24, 2.45) is 0 Å². The van der Waals surface area contributed by atoms with Gasteiger partial charge in [-0.05, 0) is 43.4 Å². The number of aryl methyl sites for hydroxylation is 1. The Morgan fingerprint density at radius 3 is 3.08 bits per heavy atom. The minimum absolute atomic E-state index is 0.0157. The van der Waals surface area contributed by atoms with Crippen molar-refractivity contribution in [1.29, 1.82) is 0 Å². The van der Waals surface area contributed by atoms with Crippen LogP contribution in [0.5, 0.6) is 5.75 Å². The van der Waals surface area contributed by atoms with Crippen LogP contribution in [0.25, 0.3) is 10.8 Å². The highest BCUT2D eigenvalue weighted by Crippen LogP contribution is 2.33. The molecule has 1 saturated heterocycles. The predicted molar refractivity (Wildman–Crippen MR) is 91.5 cm³/mol. The Morgan fingerprint density at radius 2 is 2.25 bits per heavy atom. The summed E-state index contributed by atoms with van der Waals surface area (Å²) in [5.41, 5.74) is 0.693. The summed E-state index contributed by atoms with van der Waals surface area (Å²) in [5, 5.41) is 2.85. The molecule has 6 heteroatoms. The van der Waals surface area contributed by atoms with Gasteiger partial charge in [-0.15, -0.1) is 11.3 Å². The number of fused-ring (bicyclic) bond motifs is 1. The van der Waals surface area contributed by atoms with Crippen molar-refractivity contribution in [2.45, 2.75) is 25.9 Å². The van der Waals surface area contributed by atoms with E-state index in [9.17, 15) is 4.79 Å². The van der Waals surface area contributed by atoms with Gasteiger partial charge in [0.15, 0.2) is 0 Å². The SMILES string of the molecule is Cc1nc(C2CCCO2)sc1C(=O)Oc1ccc2ccncc2c1. The molecule has 5 nitrogen and oxygen atoms in total.